The van der Waals surface area contributed by atoms with E-state index in [1.807, 2.05) is 35.7 Å². The number of thiophene rings is 1. The Labute approximate surface area is 151 Å². The summed E-state index contributed by atoms with van der Waals surface area (Å²) >= 11 is 1.81. The first-order valence-corrected chi connectivity index (χ1v) is 9.32. The van der Waals surface area contributed by atoms with Crippen LogP contribution in [0.15, 0.2) is 66.2 Å². The van der Waals surface area contributed by atoms with E-state index in [1.54, 1.807) is 0 Å². The Balaban J connectivity index is 1.45. The Morgan fingerprint density at radius 3 is 2.68 bits per heavy atom. The van der Waals surface area contributed by atoms with E-state index in [0.717, 1.165) is 42.9 Å². The molecule has 25 heavy (non-hydrogen) atoms. The van der Waals surface area contributed by atoms with Gasteiger partial charge in [0, 0.05) is 30.7 Å². The maximum atomic E-state index is 13.1. The molecule has 1 aromatic carbocycles. The Bertz CT molecular complexity index is 869. The fourth-order valence-electron chi connectivity index (χ4n) is 3.16. The van der Waals surface area contributed by atoms with Gasteiger partial charge >= 0.3 is 0 Å². The Kier molecular flexibility index (Phi) is 4.72. The van der Waals surface area contributed by atoms with Crippen molar-refractivity contribution in [3.63, 3.8) is 0 Å². The smallest absolute Gasteiger partial charge is 0.123 e. The summed E-state index contributed by atoms with van der Waals surface area (Å²) in [6.45, 7) is 2.84. The first-order chi connectivity index (χ1) is 12.3. The second kappa shape index (κ2) is 7.30. The van der Waals surface area contributed by atoms with Gasteiger partial charge in [-0.15, -0.1) is 11.3 Å². The lowest BCUT2D eigenvalue weighted by molar-refractivity contribution is 0.290. The number of hydrogen-bond acceptors (Lipinski definition) is 3. The van der Waals surface area contributed by atoms with Crippen molar-refractivity contribution in [2.24, 2.45) is 0 Å². The average Bonchev–Trinajstić information content (AvgIpc) is 3.18. The van der Waals surface area contributed by atoms with Gasteiger partial charge in [-0.2, -0.15) is 0 Å². The van der Waals surface area contributed by atoms with E-state index < -0.39 is 0 Å². The standard InChI is InChI=1S/C21H19FN2S/c22-19-5-3-16(4-6-19)18-7-10-23-20(14-18)15-24-11-8-17(9-12-24)21-2-1-13-25-21/h1-8,10,13-14H,9,11-12,15H2. The summed E-state index contributed by atoms with van der Waals surface area (Å²) in [7, 11) is 0. The molecule has 4 rings (SSSR count). The van der Waals surface area contributed by atoms with Crippen LogP contribution in [-0.2, 0) is 6.54 Å². The monoisotopic (exact) mass is 350 g/mol. The zero-order valence-electron chi connectivity index (χ0n) is 13.9. The van der Waals surface area contributed by atoms with Crippen LogP contribution in [0.25, 0.3) is 16.7 Å². The van der Waals surface area contributed by atoms with E-state index >= 15 is 0 Å². The fourth-order valence-corrected chi connectivity index (χ4v) is 3.95. The van der Waals surface area contributed by atoms with Gasteiger partial charge in [0.05, 0.1) is 5.69 Å². The molecule has 0 atom stereocenters. The maximum Gasteiger partial charge on any atom is 0.123 e. The molecule has 4 heteroatoms. The van der Waals surface area contributed by atoms with Gasteiger partial charge in [0.2, 0.25) is 0 Å². The lowest BCUT2D eigenvalue weighted by Crippen LogP contribution is -2.28. The van der Waals surface area contributed by atoms with Crippen molar-refractivity contribution in [1.82, 2.24) is 9.88 Å². The molecular formula is C21H19FN2S. The van der Waals surface area contributed by atoms with Crippen molar-refractivity contribution < 1.29 is 4.39 Å². The molecule has 3 heterocycles. The zero-order chi connectivity index (χ0) is 17.1. The van der Waals surface area contributed by atoms with E-state index in [0.29, 0.717) is 0 Å². The van der Waals surface area contributed by atoms with Gasteiger partial charge in [-0.25, -0.2) is 4.39 Å². The molecular weight excluding hydrogens is 331 g/mol. The van der Waals surface area contributed by atoms with Crippen LogP contribution in [-0.4, -0.2) is 23.0 Å². The molecule has 0 saturated carbocycles. The molecule has 1 aliphatic heterocycles. The predicted molar refractivity (Wildman–Crippen MR) is 102 cm³/mol. The molecule has 0 radical (unpaired) electrons. The summed E-state index contributed by atoms with van der Waals surface area (Å²) in [5.41, 5.74) is 4.61. The van der Waals surface area contributed by atoms with Crippen molar-refractivity contribution in [2.45, 2.75) is 13.0 Å². The number of halogens is 1. The van der Waals surface area contributed by atoms with Gasteiger partial charge in [0.1, 0.15) is 5.82 Å². The second-order valence-electron chi connectivity index (χ2n) is 6.23. The second-order valence-corrected chi connectivity index (χ2v) is 7.18. The largest absolute Gasteiger partial charge is 0.294 e. The number of rotatable bonds is 4. The van der Waals surface area contributed by atoms with E-state index in [4.69, 9.17) is 0 Å². The third kappa shape index (κ3) is 3.86. The Morgan fingerprint density at radius 1 is 1.08 bits per heavy atom. The fraction of sp³-hybridized carbons (Fsp3) is 0.190. The van der Waals surface area contributed by atoms with Gasteiger partial charge in [-0.05, 0) is 58.8 Å². The highest BCUT2D eigenvalue weighted by Crippen LogP contribution is 2.27. The van der Waals surface area contributed by atoms with Gasteiger partial charge in [-0.1, -0.05) is 24.3 Å². The highest BCUT2D eigenvalue weighted by molar-refractivity contribution is 7.11. The van der Waals surface area contributed by atoms with Gasteiger partial charge < -0.3 is 0 Å². The third-order valence-corrected chi connectivity index (χ3v) is 5.46. The highest BCUT2D eigenvalue weighted by Gasteiger charge is 2.14. The number of aromatic nitrogens is 1. The van der Waals surface area contributed by atoms with Crippen molar-refractivity contribution in [3.05, 3.63) is 82.6 Å². The minimum atomic E-state index is -0.209. The molecule has 0 bridgehead atoms. The van der Waals surface area contributed by atoms with Gasteiger partial charge in [0.25, 0.3) is 0 Å². The molecule has 0 unspecified atom stereocenters. The molecule has 1 aliphatic rings. The van der Waals surface area contributed by atoms with Crippen LogP contribution in [0.5, 0.6) is 0 Å². The van der Waals surface area contributed by atoms with Crippen LogP contribution >= 0.6 is 11.3 Å². The van der Waals surface area contributed by atoms with E-state index in [1.165, 1.54) is 22.6 Å². The molecule has 126 valence electrons. The number of pyridine rings is 1. The number of benzene rings is 1. The first-order valence-electron chi connectivity index (χ1n) is 8.44. The molecule has 2 aromatic heterocycles. The van der Waals surface area contributed by atoms with Crippen LogP contribution < -0.4 is 0 Å². The quantitative estimate of drug-likeness (QED) is 0.640. The van der Waals surface area contributed by atoms with Crippen LogP contribution in [0.4, 0.5) is 4.39 Å². The minimum Gasteiger partial charge on any atom is -0.294 e. The van der Waals surface area contributed by atoms with E-state index in [9.17, 15) is 4.39 Å². The molecule has 0 N–H and O–H groups in total. The highest BCUT2D eigenvalue weighted by atomic mass is 32.1. The lowest BCUT2D eigenvalue weighted by Gasteiger charge is -2.25. The maximum absolute atomic E-state index is 13.1. The van der Waals surface area contributed by atoms with Crippen LogP contribution in [0.3, 0.4) is 0 Å². The zero-order valence-corrected chi connectivity index (χ0v) is 14.7. The van der Waals surface area contributed by atoms with Crippen molar-refractivity contribution in [1.29, 1.82) is 0 Å². The van der Waals surface area contributed by atoms with Crippen LogP contribution in [0, 0.1) is 5.82 Å². The summed E-state index contributed by atoms with van der Waals surface area (Å²) in [6, 6.07) is 15.0. The number of nitrogens with zero attached hydrogens (tertiary/aromatic N) is 2. The summed E-state index contributed by atoms with van der Waals surface area (Å²) < 4.78 is 13.1. The van der Waals surface area contributed by atoms with E-state index in [-0.39, 0.29) is 5.82 Å². The minimum absolute atomic E-state index is 0.209. The summed E-state index contributed by atoms with van der Waals surface area (Å²) in [5, 5.41) is 2.13. The summed E-state index contributed by atoms with van der Waals surface area (Å²) in [4.78, 5) is 8.31. The third-order valence-electron chi connectivity index (χ3n) is 4.51. The molecule has 3 aromatic rings. The summed E-state index contributed by atoms with van der Waals surface area (Å²) in [6.07, 6.45) is 5.25. The molecule has 0 spiro atoms. The normalized spacial score (nSPS) is 15.2. The average molecular weight is 350 g/mol. The number of hydrogen-bond donors (Lipinski definition) is 0. The van der Waals surface area contributed by atoms with Crippen molar-refractivity contribution >= 4 is 16.9 Å². The van der Waals surface area contributed by atoms with Gasteiger partial charge in [-0.3, -0.25) is 9.88 Å². The Hall–Kier alpha value is -2.30. The topological polar surface area (TPSA) is 16.1 Å². The van der Waals surface area contributed by atoms with Crippen molar-refractivity contribution in [2.75, 3.05) is 13.1 Å². The predicted octanol–water partition coefficient (Wildman–Crippen LogP) is 5.24. The van der Waals surface area contributed by atoms with Crippen LogP contribution in [0.1, 0.15) is 17.0 Å². The summed E-state index contributed by atoms with van der Waals surface area (Å²) in [5.74, 6) is -0.209. The molecule has 0 aliphatic carbocycles. The van der Waals surface area contributed by atoms with Gasteiger partial charge in [0.15, 0.2) is 0 Å². The molecule has 0 saturated heterocycles. The molecule has 0 fully saturated rings. The van der Waals surface area contributed by atoms with E-state index in [2.05, 4.69) is 39.5 Å². The lowest BCUT2D eigenvalue weighted by atomic mass is 10.0. The van der Waals surface area contributed by atoms with Crippen LogP contribution in [0.2, 0.25) is 0 Å². The first kappa shape index (κ1) is 16.2. The molecule has 0 amide bonds. The Morgan fingerprint density at radius 2 is 1.96 bits per heavy atom. The molecule has 2 nitrogen and oxygen atoms in total. The van der Waals surface area contributed by atoms with Crippen molar-refractivity contribution in [3.8, 4) is 11.1 Å². The SMILES string of the molecule is Fc1ccc(-c2ccnc(CN3CC=C(c4cccs4)CC3)c2)cc1.